The zero-order valence-corrected chi connectivity index (χ0v) is 10.1. The summed E-state index contributed by atoms with van der Waals surface area (Å²) in [4.78, 5) is 0. The lowest BCUT2D eigenvalue weighted by atomic mass is 9.83. The average molecular weight is 223 g/mol. The Balaban J connectivity index is 2.01. The fourth-order valence-corrected chi connectivity index (χ4v) is 2.24. The number of aromatic nitrogens is 2. The number of hydrogen-bond donors (Lipinski definition) is 1. The van der Waals surface area contributed by atoms with Crippen LogP contribution in [0.4, 0.5) is 0 Å². The van der Waals surface area contributed by atoms with Crippen molar-refractivity contribution < 1.29 is 4.42 Å². The van der Waals surface area contributed by atoms with Crippen LogP contribution in [-0.4, -0.2) is 10.2 Å². The molecule has 1 fully saturated rings. The summed E-state index contributed by atoms with van der Waals surface area (Å²) in [6.45, 7) is 4.33. The van der Waals surface area contributed by atoms with E-state index in [9.17, 15) is 0 Å². The predicted molar refractivity (Wildman–Crippen MR) is 61.9 cm³/mol. The molecule has 2 N–H and O–H groups in total. The van der Waals surface area contributed by atoms with Crippen molar-refractivity contribution in [3.05, 3.63) is 11.8 Å². The van der Waals surface area contributed by atoms with Gasteiger partial charge in [-0.3, -0.25) is 0 Å². The average Bonchev–Trinajstić information content (AvgIpc) is 2.78. The van der Waals surface area contributed by atoms with E-state index in [0.29, 0.717) is 11.8 Å². The molecule has 1 aliphatic carbocycles. The van der Waals surface area contributed by atoms with Crippen LogP contribution in [0.3, 0.4) is 0 Å². The van der Waals surface area contributed by atoms with E-state index < -0.39 is 0 Å². The Morgan fingerprint density at radius 2 is 2.00 bits per heavy atom. The topological polar surface area (TPSA) is 64.9 Å². The van der Waals surface area contributed by atoms with Crippen molar-refractivity contribution in [2.75, 3.05) is 0 Å². The van der Waals surface area contributed by atoms with Crippen molar-refractivity contribution in [2.24, 2.45) is 11.7 Å². The molecule has 4 heteroatoms. The van der Waals surface area contributed by atoms with Crippen LogP contribution in [0.25, 0.3) is 0 Å². The van der Waals surface area contributed by atoms with Crippen LogP contribution in [0, 0.1) is 5.92 Å². The second kappa shape index (κ2) is 4.95. The molecular weight excluding hydrogens is 202 g/mol. The second-order valence-electron chi connectivity index (χ2n) is 4.95. The van der Waals surface area contributed by atoms with E-state index in [0.717, 1.165) is 18.2 Å². The SMILES string of the molecule is CCC(N)c1nnc(C2CCC(C)CC2)o1. The molecule has 0 aromatic carbocycles. The van der Waals surface area contributed by atoms with Gasteiger partial charge in [-0.05, 0) is 38.0 Å². The minimum absolute atomic E-state index is 0.108. The first-order chi connectivity index (χ1) is 7.70. The molecule has 1 heterocycles. The predicted octanol–water partition coefficient (Wildman–Crippen LogP) is 2.77. The lowest BCUT2D eigenvalue weighted by Crippen LogP contribution is -2.11. The summed E-state index contributed by atoms with van der Waals surface area (Å²) >= 11 is 0. The van der Waals surface area contributed by atoms with Crippen molar-refractivity contribution in [1.82, 2.24) is 10.2 Å². The third-order valence-electron chi connectivity index (χ3n) is 3.58. The van der Waals surface area contributed by atoms with Crippen LogP contribution in [0.2, 0.25) is 0 Å². The highest BCUT2D eigenvalue weighted by Crippen LogP contribution is 2.35. The maximum Gasteiger partial charge on any atom is 0.233 e. The molecule has 1 aromatic heterocycles. The monoisotopic (exact) mass is 223 g/mol. The van der Waals surface area contributed by atoms with E-state index in [1.807, 2.05) is 6.92 Å². The van der Waals surface area contributed by atoms with Crippen molar-refractivity contribution in [1.29, 1.82) is 0 Å². The Hall–Kier alpha value is -0.900. The molecule has 0 aliphatic heterocycles. The maximum absolute atomic E-state index is 5.86. The summed E-state index contributed by atoms with van der Waals surface area (Å²) in [5, 5.41) is 8.18. The Morgan fingerprint density at radius 3 is 2.62 bits per heavy atom. The Morgan fingerprint density at radius 1 is 1.31 bits per heavy atom. The molecule has 0 amide bonds. The number of nitrogens with zero attached hydrogens (tertiary/aromatic N) is 2. The standard InChI is InChI=1S/C12H21N3O/c1-3-10(13)12-15-14-11(16-12)9-6-4-8(2)5-7-9/h8-10H,3-7,13H2,1-2H3. The minimum Gasteiger partial charge on any atom is -0.423 e. The van der Waals surface area contributed by atoms with E-state index in [4.69, 9.17) is 10.2 Å². The van der Waals surface area contributed by atoms with Crippen molar-refractivity contribution in [2.45, 2.75) is 57.9 Å². The van der Waals surface area contributed by atoms with Gasteiger partial charge in [0, 0.05) is 5.92 Å². The quantitative estimate of drug-likeness (QED) is 0.855. The summed E-state index contributed by atoms with van der Waals surface area (Å²) in [6.07, 6.45) is 5.71. The van der Waals surface area contributed by atoms with Crippen LogP contribution in [-0.2, 0) is 0 Å². The van der Waals surface area contributed by atoms with Gasteiger partial charge in [0.05, 0.1) is 6.04 Å². The fourth-order valence-electron chi connectivity index (χ4n) is 2.24. The van der Waals surface area contributed by atoms with Crippen LogP contribution < -0.4 is 5.73 Å². The van der Waals surface area contributed by atoms with Gasteiger partial charge in [0.15, 0.2) is 0 Å². The molecule has 0 spiro atoms. The smallest absolute Gasteiger partial charge is 0.233 e. The first-order valence-electron chi connectivity index (χ1n) is 6.29. The molecule has 0 saturated heterocycles. The highest BCUT2D eigenvalue weighted by molar-refractivity contribution is 4.96. The van der Waals surface area contributed by atoms with Gasteiger partial charge in [-0.1, -0.05) is 13.8 Å². The van der Waals surface area contributed by atoms with E-state index in [-0.39, 0.29) is 6.04 Å². The van der Waals surface area contributed by atoms with Crippen molar-refractivity contribution in [3.8, 4) is 0 Å². The highest BCUT2D eigenvalue weighted by atomic mass is 16.4. The third-order valence-corrected chi connectivity index (χ3v) is 3.58. The molecule has 4 nitrogen and oxygen atoms in total. The van der Waals surface area contributed by atoms with Gasteiger partial charge in [-0.25, -0.2) is 0 Å². The normalized spacial score (nSPS) is 27.9. The van der Waals surface area contributed by atoms with Gasteiger partial charge < -0.3 is 10.2 Å². The summed E-state index contributed by atoms with van der Waals surface area (Å²) in [7, 11) is 0. The minimum atomic E-state index is -0.108. The molecule has 0 radical (unpaired) electrons. The zero-order chi connectivity index (χ0) is 11.5. The number of nitrogens with two attached hydrogens (primary N) is 1. The van der Waals surface area contributed by atoms with E-state index >= 15 is 0 Å². The Labute approximate surface area is 96.6 Å². The van der Waals surface area contributed by atoms with Crippen LogP contribution in [0.15, 0.2) is 4.42 Å². The summed E-state index contributed by atoms with van der Waals surface area (Å²) in [5.41, 5.74) is 5.86. The van der Waals surface area contributed by atoms with Gasteiger partial charge in [-0.15, -0.1) is 10.2 Å². The zero-order valence-electron chi connectivity index (χ0n) is 10.1. The molecular formula is C12H21N3O. The highest BCUT2D eigenvalue weighted by Gasteiger charge is 2.25. The molecule has 90 valence electrons. The lowest BCUT2D eigenvalue weighted by Gasteiger charge is -2.23. The van der Waals surface area contributed by atoms with E-state index in [1.165, 1.54) is 25.7 Å². The summed E-state index contributed by atoms with van der Waals surface area (Å²) < 4.78 is 5.66. The van der Waals surface area contributed by atoms with E-state index in [1.54, 1.807) is 0 Å². The van der Waals surface area contributed by atoms with Gasteiger partial charge in [-0.2, -0.15) is 0 Å². The van der Waals surface area contributed by atoms with Crippen LogP contribution in [0.1, 0.15) is 69.7 Å². The van der Waals surface area contributed by atoms with Gasteiger partial charge in [0.1, 0.15) is 0 Å². The molecule has 2 rings (SSSR count). The molecule has 1 atom stereocenters. The van der Waals surface area contributed by atoms with Gasteiger partial charge in [0.2, 0.25) is 11.8 Å². The van der Waals surface area contributed by atoms with E-state index in [2.05, 4.69) is 17.1 Å². The fraction of sp³-hybridized carbons (Fsp3) is 0.833. The van der Waals surface area contributed by atoms with Gasteiger partial charge >= 0.3 is 0 Å². The summed E-state index contributed by atoms with van der Waals surface area (Å²) in [5.74, 6) is 2.69. The molecule has 1 saturated carbocycles. The number of rotatable bonds is 3. The van der Waals surface area contributed by atoms with Crippen molar-refractivity contribution >= 4 is 0 Å². The lowest BCUT2D eigenvalue weighted by molar-refractivity contribution is 0.298. The first-order valence-corrected chi connectivity index (χ1v) is 6.29. The van der Waals surface area contributed by atoms with Gasteiger partial charge in [0.25, 0.3) is 0 Å². The maximum atomic E-state index is 5.86. The second-order valence-corrected chi connectivity index (χ2v) is 4.95. The van der Waals surface area contributed by atoms with Crippen LogP contribution >= 0.6 is 0 Å². The number of hydrogen-bond acceptors (Lipinski definition) is 4. The molecule has 0 bridgehead atoms. The first kappa shape index (κ1) is 11.6. The Kier molecular flexibility index (Phi) is 3.59. The molecule has 1 aromatic rings. The van der Waals surface area contributed by atoms with Crippen LogP contribution in [0.5, 0.6) is 0 Å². The summed E-state index contributed by atoms with van der Waals surface area (Å²) in [6, 6.07) is -0.108. The third kappa shape index (κ3) is 2.43. The molecule has 16 heavy (non-hydrogen) atoms. The molecule has 1 unspecified atom stereocenters. The Bertz CT molecular complexity index is 329. The van der Waals surface area contributed by atoms with Crippen molar-refractivity contribution in [3.63, 3.8) is 0 Å². The largest absolute Gasteiger partial charge is 0.423 e. The molecule has 1 aliphatic rings.